The van der Waals surface area contributed by atoms with E-state index < -0.39 is 0 Å². The lowest BCUT2D eigenvalue weighted by atomic mass is 10.1. The Morgan fingerprint density at radius 3 is 2.61 bits per heavy atom. The van der Waals surface area contributed by atoms with E-state index in [1.165, 1.54) is 0 Å². The molecule has 5 heteroatoms. The van der Waals surface area contributed by atoms with Gasteiger partial charge in [0, 0.05) is 38.7 Å². The zero-order valence-corrected chi connectivity index (χ0v) is 14.3. The van der Waals surface area contributed by atoms with Gasteiger partial charge in [-0.15, -0.1) is 0 Å². The van der Waals surface area contributed by atoms with Gasteiger partial charge in [0.1, 0.15) is 5.82 Å². The summed E-state index contributed by atoms with van der Waals surface area (Å²) in [6.07, 6.45) is 10.8. The van der Waals surface area contributed by atoms with Crippen LogP contribution in [0.25, 0.3) is 5.57 Å². The number of anilines is 1. The number of nitrogens with zero attached hydrogens (tertiary/aromatic N) is 2. The molecule has 5 nitrogen and oxygen atoms in total. The van der Waals surface area contributed by atoms with Gasteiger partial charge < -0.3 is 14.8 Å². The molecule has 0 saturated heterocycles. The van der Waals surface area contributed by atoms with E-state index in [0.717, 1.165) is 48.9 Å². The predicted octanol–water partition coefficient (Wildman–Crippen LogP) is 3.82. The van der Waals surface area contributed by atoms with Crippen molar-refractivity contribution in [2.75, 3.05) is 32.2 Å². The van der Waals surface area contributed by atoms with Crippen LogP contribution in [-0.4, -0.2) is 36.8 Å². The molecule has 0 saturated carbocycles. The maximum atomic E-state index is 5.76. The number of allylic oxidation sites excluding steroid dienone is 5. The molecule has 0 amide bonds. The van der Waals surface area contributed by atoms with Gasteiger partial charge in [-0.25, -0.2) is 4.98 Å². The van der Waals surface area contributed by atoms with Gasteiger partial charge in [0.25, 0.3) is 0 Å². The maximum Gasteiger partial charge on any atom is 0.144 e. The lowest BCUT2D eigenvalue weighted by Crippen LogP contribution is -2.00. The van der Waals surface area contributed by atoms with Crippen molar-refractivity contribution in [2.45, 2.75) is 26.7 Å². The average Bonchev–Trinajstić information content (AvgIpc) is 2.60. The Hall–Kier alpha value is -2.14. The van der Waals surface area contributed by atoms with Gasteiger partial charge in [-0.05, 0) is 19.1 Å². The molecule has 126 valence electrons. The van der Waals surface area contributed by atoms with Crippen molar-refractivity contribution in [3.63, 3.8) is 0 Å². The second-order valence-electron chi connectivity index (χ2n) is 4.75. The molecule has 1 rings (SSSR count). The number of nitrogens with one attached hydrogen (secondary N) is 1. The third-order valence-corrected chi connectivity index (χ3v) is 3.15. The Kier molecular flexibility index (Phi) is 9.40. The molecule has 0 radical (unpaired) electrons. The molecule has 0 aliphatic rings. The quantitative estimate of drug-likeness (QED) is 0.382. The van der Waals surface area contributed by atoms with Gasteiger partial charge >= 0.3 is 0 Å². The van der Waals surface area contributed by atoms with Crippen molar-refractivity contribution in [3.8, 4) is 0 Å². The molecule has 1 heterocycles. The Morgan fingerprint density at radius 2 is 2.04 bits per heavy atom. The molecule has 0 bridgehead atoms. The maximum absolute atomic E-state index is 5.76. The second kappa shape index (κ2) is 11.4. The van der Waals surface area contributed by atoms with Crippen molar-refractivity contribution in [1.82, 2.24) is 9.97 Å². The monoisotopic (exact) mass is 317 g/mol. The fourth-order valence-corrected chi connectivity index (χ4v) is 1.82. The largest absolute Gasteiger partial charge is 0.498 e. The lowest BCUT2D eigenvalue weighted by Gasteiger charge is -2.08. The summed E-state index contributed by atoms with van der Waals surface area (Å²) in [6, 6.07) is 0. The van der Waals surface area contributed by atoms with Crippen LogP contribution in [-0.2, 0) is 9.47 Å². The van der Waals surface area contributed by atoms with Crippen LogP contribution in [0.15, 0.2) is 43.0 Å². The molecule has 1 aromatic rings. The second-order valence-corrected chi connectivity index (χ2v) is 4.75. The first-order valence-electron chi connectivity index (χ1n) is 7.99. The average molecular weight is 317 g/mol. The van der Waals surface area contributed by atoms with Gasteiger partial charge in [0.15, 0.2) is 0 Å². The van der Waals surface area contributed by atoms with Crippen LogP contribution in [0.1, 0.15) is 32.4 Å². The van der Waals surface area contributed by atoms with Crippen LogP contribution in [0, 0.1) is 0 Å². The fourth-order valence-electron chi connectivity index (χ4n) is 1.82. The van der Waals surface area contributed by atoms with Crippen molar-refractivity contribution >= 4 is 11.4 Å². The first-order valence-corrected chi connectivity index (χ1v) is 7.99. The zero-order valence-electron chi connectivity index (χ0n) is 14.3. The Labute approximate surface area is 139 Å². The third-order valence-electron chi connectivity index (χ3n) is 3.15. The van der Waals surface area contributed by atoms with Gasteiger partial charge in [-0.2, -0.15) is 0 Å². The van der Waals surface area contributed by atoms with E-state index in [4.69, 9.17) is 9.47 Å². The smallest absolute Gasteiger partial charge is 0.144 e. The molecule has 0 aromatic carbocycles. The normalized spacial score (nSPS) is 12.1. The molecule has 23 heavy (non-hydrogen) atoms. The van der Waals surface area contributed by atoms with Gasteiger partial charge in [-0.3, -0.25) is 4.98 Å². The van der Waals surface area contributed by atoms with Crippen LogP contribution < -0.4 is 5.32 Å². The van der Waals surface area contributed by atoms with Crippen molar-refractivity contribution in [3.05, 3.63) is 48.7 Å². The highest BCUT2D eigenvalue weighted by atomic mass is 16.5. The van der Waals surface area contributed by atoms with Crippen molar-refractivity contribution in [1.29, 1.82) is 0 Å². The van der Waals surface area contributed by atoms with E-state index in [1.807, 2.05) is 26.1 Å². The van der Waals surface area contributed by atoms with Crippen LogP contribution in [0.5, 0.6) is 0 Å². The highest BCUT2D eigenvalue weighted by Gasteiger charge is 2.01. The van der Waals surface area contributed by atoms with Crippen molar-refractivity contribution in [2.24, 2.45) is 0 Å². The molecule has 1 N–H and O–H groups in total. The third kappa shape index (κ3) is 7.10. The highest BCUT2D eigenvalue weighted by Crippen LogP contribution is 2.15. The number of ether oxygens (including phenoxy) is 2. The molecular formula is C18H27N3O2. The molecule has 1 aromatic heterocycles. The summed E-state index contributed by atoms with van der Waals surface area (Å²) in [5.41, 5.74) is 1.69. The summed E-state index contributed by atoms with van der Waals surface area (Å²) in [6.45, 7) is 10.0. The van der Waals surface area contributed by atoms with Gasteiger partial charge in [0.05, 0.1) is 30.5 Å². The van der Waals surface area contributed by atoms with Crippen LogP contribution in [0.4, 0.5) is 5.82 Å². The van der Waals surface area contributed by atoms with E-state index in [2.05, 4.69) is 28.8 Å². The first-order chi connectivity index (χ1) is 11.2. The minimum absolute atomic E-state index is 0.660. The summed E-state index contributed by atoms with van der Waals surface area (Å²) in [4.78, 5) is 8.63. The molecule has 0 atom stereocenters. The predicted molar refractivity (Wildman–Crippen MR) is 95.2 cm³/mol. The number of aromatic nitrogens is 2. The number of hydrogen-bond donors (Lipinski definition) is 1. The SMILES string of the molecule is C=C/C(=C\C=C(/CC)OCCCOCC)c1cnc(NC)cn1. The molecule has 0 aliphatic carbocycles. The van der Waals surface area contributed by atoms with Gasteiger partial charge in [0.2, 0.25) is 0 Å². The topological polar surface area (TPSA) is 56.3 Å². The molecule has 0 fully saturated rings. The van der Waals surface area contributed by atoms with E-state index in [-0.39, 0.29) is 0 Å². The van der Waals surface area contributed by atoms with Crippen LogP contribution in [0.3, 0.4) is 0 Å². The first kappa shape index (κ1) is 18.9. The molecular weight excluding hydrogens is 290 g/mol. The van der Waals surface area contributed by atoms with E-state index in [1.54, 1.807) is 18.5 Å². The van der Waals surface area contributed by atoms with Crippen LogP contribution in [0.2, 0.25) is 0 Å². The van der Waals surface area contributed by atoms with Crippen molar-refractivity contribution < 1.29 is 9.47 Å². The number of rotatable bonds is 11. The summed E-state index contributed by atoms with van der Waals surface area (Å²) >= 11 is 0. The van der Waals surface area contributed by atoms with E-state index >= 15 is 0 Å². The number of hydrogen-bond acceptors (Lipinski definition) is 5. The van der Waals surface area contributed by atoms with Gasteiger partial charge in [-0.1, -0.05) is 19.6 Å². The summed E-state index contributed by atoms with van der Waals surface area (Å²) in [5, 5.41) is 2.95. The van der Waals surface area contributed by atoms with E-state index in [9.17, 15) is 0 Å². The summed E-state index contributed by atoms with van der Waals surface area (Å²) < 4.78 is 11.1. The minimum Gasteiger partial charge on any atom is -0.498 e. The van der Waals surface area contributed by atoms with E-state index in [0.29, 0.717) is 6.61 Å². The van der Waals surface area contributed by atoms with Crippen LogP contribution >= 0.6 is 0 Å². The summed E-state index contributed by atoms with van der Waals surface area (Å²) in [5.74, 6) is 1.67. The lowest BCUT2D eigenvalue weighted by molar-refractivity contribution is 0.114. The molecule has 0 spiro atoms. The molecule has 0 unspecified atom stereocenters. The Balaban J connectivity index is 2.68. The highest BCUT2D eigenvalue weighted by molar-refractivity contribution is 5.72. The molecule has 0 aliphatic heterocycles. The Bertz CT molecular complexity index is 522. The fraction of sp³-hybridized carbons (Fsp3) is 0.444. The standard InChI is InChI=1S/C18H27N3O2/c1-5-15(17-13-21-18(19-4)14-20-17)9-10-16(6-2)23-12-8-11-22-7-3/h5,9-10,13-14H,1,6-8,11-12H2,2-4H3,(H,19,21)/b15-9+,16-10+. The zero-order chi connectivity index (χ0) is 16.9. The minimum atomic E-state index is 0.660. The summed E-state index contributed by atoms with van der Waals surface area (Å²) in [7, 11) is 1.81. The Morgan fingerprint density at radius 1 is 1.22 bits per heavy atom.